The highest BCUT2D eigenvalue weighted by atomic mass is 16.2. The van der Waals surface area contributed by atoms with Crippen LogP contribution in [0.25, 0.3) is 0 Å². The highest BCUT2D eigenvalue weighted by Gasteiger charge is 2.29. The zero-order valence-electron chi connectivity index (χ0n) is 11.8. The summed E-state index contributed by atoms with van der Waals surface area (Å²) in [6.45, 7) is 8.12. The average molecular weight is 240 g/mol. The van der Waals surface area contributed by atoms with Gasteiger partial charge in [-0.3, -0.25) is 4.79 Å². The molecular weight excluding hydrogens is 212 g/mol. The summed E-state index contributed by atoms with van der Waals surface area (Å²) in [6.07, 6.45) is 6.43. The van der Waals surface area contributed by atoms with Crippen LogP contribution < -0.4 is 11.1 Å². The number of hydrogen-bond acceptors (Lipinski definition) is 2. The first-order chi connectivity index (χ1) is 7.82. The maximum Gasteiger partial charge on any atom is 0.237 e. The Labute approximate surface area is 106 Å². The van der Waals surface area contributed by atoms with Crippen molar-refractivity contribution < 1.29 is 4.79 Å². The molecule has 1 rings (SSSR count). The molecule has 1 aliphatic rings. The van der Waals surface area contributed by atoms with Crippen LogP contribution >= 0.6 is 0 Å². The van der Waals surface area contributed by atoms with E-state index in [1.165, 1.54) is 32.1 Å². The van der Waals surface area contributed by atoms with Crippen molar-refractivity contribution in [1.29, 1.82) is 0 Å². The maximum absolute atomic E-state index is 12.0. The van der Waals surface area contributed by atoms with Gasteiger partial charge in [-0.05, 0) is 31.1 Å². The quantitative estimate of drug-likeness (QED) is 0.796. The lowest BCUT2D eigenvalue weighted by Crippen LogP contribution is -2.52. The Morgan fingerprint density at radius 2 is 1.76 bits per heavy atom. The van der Waals surface area contributed by atoms with Gasteiger partial charge in [0.1, 0.15) is 0 Å². The van der Waals surface area contributed by atoms with Crippen molar-refractivity contribution in [2.24, 2.45) is 17.1 Å². The monoisotopic (exact) mass is 240 g/mol. The standard InChI is InChI=1S/C14H28N2O/c1-10(11-8-6-5-7-9-11)16-13(17)12(15)14(2,3)4/h10-12H,5-9,15H2,1-4H3,(H,16,17)/t10-,12?/m1/s1. The smallest absolute Gasteiger partial charge is 0.237 e. The van der Waals surface area contributed by atoms with E-state index in [2.05, 4.69) is 12.2 Å². The van der Waals surface area contributed by atoms with Crippen LogP contribution in [-0.2, 0) is 4.79 Å². The predicted molar refractivity (Wildman–Crippen MR) is 71.6 cm³/mol. The molecule has 3 heteroatoms. The van der Waals surface area contributed by atoms with Crippen LogP contribution in [0.15, 0.2) is 0 Å². The second-order valence-electron chi connectivity index (χ2n) is 6.54. The summed E-state index contributed by atoms with van der Waals surface area (Å²) >= 11 is 0. The number of carbonyl (C=O) groups excluding carboxylic acids is 1. The molecule has 2 atom stereocenters. The first kappa shape index (κ1) is 14.5. The molecule has 3 N–H and O–H groups in total. The van der Waals surface area contributed by atoms with Gasteiger partial charge in [-0.15, -0.1) is 0 Å². The van der Waals surface area contributed by atoms with E-state index in [0.717, 1.165) is 0 Å². The molecular formula is C14H28N2O. The van der Waals surface area contributed by atoms with Crippen molar-refractivity contribution in [3.63, 3.8) is 0 Å². The van der Waals surface area contributed by atoms with Crippen LogP contribution in [0, 0.1) is 11.3 Å². The number of carbonyl (C=O) groups is 1. The molecule has 0 aromatic carbocycles. The minimum absolute atomic E-state index is 0.00410. The Kier molecular flexibility index (Phi) is 4.99. The molecule has 100 valence electrons. The van der Waals surface area contributed by atoms with Gasteiger partial charge in [0, 0.05) is 6.04 Å². The van der Waals surface area contributed by atoms with E-state index in [0.29, 0.717) is 5.92 Å². The summed E-state index contributed by atoms with van der Waals surface area (Å²) in [5.74, 6) is 0.635. The Balaban J connectivity index is 2.44. The fourth-order valence-corrected chi connectivity index (χ4v) is 2.46. The van der Waals surface area contributed by atoms with Crippen LogP contribution in [0.2, 0.25) is 0 Å². The SMILES string of the molecule is C[C@@H](NC(=O)C(N)C(C)(C)C)C1CCCCC1. The topological polar surface area (TPSA) is 55.1 Å². The number of nitrogens with one attached hydrogen (secondary N) is 1. The number of rotatable bonds is 3. The summed E-state index contributed by atoms with van der Waals surface area (Å²) in [5.41, 5.74) is 5.79. The fourth-order valence-electron chi connectivity index (χ4n) is 2.46. The van der Waals surface area contributed by atoms with Crippen LogP contribution in [0.4, 0.5) is 0 Å². The lowest BCUT2D eigenvalue weighted by Gasteiger charge is -2.31. The molecule has 17 heavy (non-hydrogen) atoms. The summed E-state index contributed by atoms with van der Waals surface area (Å²) in [6, 6.07) is -0.162. The second-order valence-corrected chi connectivity index (χ2v) is 6.54. The van der Waals surface area contributed by atoms with Crippen molar-refractivity contribution in [1.82, 2.24) is 5.32 Å². The molecule has 0 aliphatic heterocycles. The molecule has 0 spiro atoms. The summed E-state index contributed by atoms with van der Waals surface area (Å²) in [5, 5.41) is 3.09. The molecule has 0 radical (unpaired) electrons. The third-order valence-corrected chi connectivity index (χ3v) is 3.94. The largest absolute Gasteiger partial charge is 0.352 e. The number of amides is 1. The van der Waals surface area contributed by atoms with E-state index >= 15 is 0 Å². The normalized spacial score (nSPS) is 21.9. The molecule has 0 saturated heterocycles. The van der Waals surface area contributed by atoms with E-state index in [-0.39, 0.29) is 17.4 Å². The number of nitrogens with two attached hydrogens (primary N) is 1. The van der Waals surface area contributed by atoms with E-state index in [1.807, 2.05) is 20.8 Å². The van der Waals surface area contributed by atoms with E-state index < -0.39 is 6.04 Å². The van der Waals surface area contributed by atoms with Gasteiger partial charge in [0.25, 0.3) is 0 Å². The second kappa shape index (κ2) is 5.85. The van der Waals surface area contributed by atoms with Crippen LogP contribution in [0.3, 0.4) is 0 Å². The molecule has 0 aromatic rings. The highest BCUT2D eigenvalue weighted by Crippen LogP contribution is 2.26. The molecule has 1 aliphatic carbocycles. The van der Waals surface area contributed by atoms with Gasteiger partial charge in [-0.1, -0.05) is 40.0 Å². The predicted octanol–water partition coefficient (Wildman–Crippen LogP) is 2.44. The Hall–Kier alpha value is -0.570. The van der Waals surface area contributed by atoms with Crippen LogP contribution in [-0.4, -0.2) is 18.0 Å². The van der Waals surface area contributed by atoms with Gasteiger partial charge in [0.15, 0.2) is 0 Å². The third-order valence-electron chi connectivity index (χ3n) is 3.94. The molecule has 1 fully saturated rings. The first-order valence-corrected chi connectivity index (χ1v) is 6.88. The lowest BCUT2D eigenvalue weighted by molar-refractivity contribution is -0.125. The maximum atomic E-state index is 12.0. The molecule has 1 saturated carbocycles. The Bertz CT molecular complexity index is 251. The van der Waals surface area contributed by atoms with Gasteiger partial charge in [0.2, 0.25) is 5.91 Å². The minimum Gasteiger partial charge on any atom is -0.352 e. The zero-order chi connectivity index (χ0) is 13.1. The van der Waals surface area contributed by atoms with Gasteiger partial charge < -0.3 is 11.1 Å². The highest BCUT2D eigenvalue weighted by molar-refractivity contribution is 5.82. The molecule has 3 nitrogen and oxygen atoms in total. The van der Waals surface area contributed by atoms with E-state index in [4.69, 9.17) is 5.73 Å². The van der Waals surface area contributed by atoms with Crippen molar-refractivity contribution in [2.75, 3.05) is 0 Å². The Morgan fingerprint density at radius 1 is 1.24 bits per heavy atom. The Morgan fingerprint density at radius 3 is 2.24 bits per heavy atom. The molecule has 1 amide bonds. The van der Waals surface area contributed by atoms with Gasteiger partial charge in [-0.25, -0.2) is 0 Å². The van der Waals surface area contributed by atoms with Gasteiger partial charge in [-0.2, -0.15) is 0 Å². The van der Waals surface area contributed by atoms with Crippen molar-refractivity contribution >= 4 is 5.91 Å². The summed E-state index contributed by atoms with van der Waals surface area (Å²) in [7, 11) is 0. The van der Waals surface area contributed by atoms with Crippen molar-refractivity contribution in [2.45, 2.75) is 71.9 Å². The van der Waals surface area contributed by atoms with Gasteiger partial charge in [0.05, 0.1) is 6.04 Å². The number of hydrogen-bond donors (Lipinski definition) is 2. The molecule has 0 bridgehead atoms. The van der Waals surface area contributed by atoms with E-state index in [9.17, 15) is 4.79 Å². The molecule has 1 unspecified atom stereocenters. The first-order valence-electron chi connectivity index (χ1n) is 6.88. The van der Waals surface area contributed by atoms with Crippen LogP contribution in [0.1, 0.15) is 59.8 Å². The lowest BCUT2D eigenvalue weighted by atomic mass is 9.83. The molecule has 0 heterocycles. The van der Waals surface area contributed by atoms with E-state index in [1.54, 1.807) is 0 Å². The fraction of sp³-hybridized carbons (Fsp3) is 0.929. The van der Waals surface area contributed by atoms with Crippen LogP contribution in [0.5, 0.6) is 0 Å². The molecule has 0 aromatic heterocycles. The average Bonchev–Trinajstić information content (AvgIpc) is 2.27. The van der Waals surface area contributed by atoms with Gasteiger partial charge >= 0.3 is 0 Å². The third kappa shape index (κ3) is 4.30. The van der Waals surface area contributed by atoms with Crippen molar-refractivity contribution in [3.8, 4) is 0 Å². The minimum atomic E-state index is -0.423. The summed E-state index contributed by atoms with van der Waals surface area (Å²) in [4.78, 5) is 12.0. The summed E-state index contributed by atoms with van der Waals surface area (Å²) < 4.78 is 0. The zero-order valence-corrected chi connectivity index (χ0v) is 11.8. The van der Waals surface area contributed by atoms with Crippen molar-refractivity contribution in [3.05, 3.63) is 0 Å².